The largest absolute Gasteiger partial charge is 0.456 e. The van der Waals surface area contributed by atoms with E-state index in [0.29, 0.717) is 43.1 Å². The zero-order chi connectivity index (χ0) is 38.7. The highest BCUT2D eigenvalue weighted by Crippen LogP contribution is 2.45. The number of hydrogen-bond acceptors (Lipinski definition) is 6. The molecule has 0 atom stereocenters. The summed E-state index contributed by atoms with van der Waals surface area (Å²) in [4.78, 5) is 14.6. The molecule has 4 aromatic heterocycles. The summed E-state index contributed by atoms with van der Waals surface area (Å²) in [5.74, 6) is 0.749. The van der Waals surface area contributed by atoms with E-state index in [1.807, 2.05) is 103 Å². The molecule has 0 aliphatic heterocycles. The number of para-hydroxylation sites is 1. The first-order valence-electron chi connectivity index (χ1n) is 19.4. The summed E-state index contributed by atoms with van der Waals surface area (Å²) in [7, 11) is 0. The summed E-state index contributed by atoms with van der Waals surface area (Å²) in [6.07, 6.45) is 0. The molecule has 51 heavy (non-hydrogen) atoms. The van der Waals surface area contributed by atoms with Gasteiger partial charge < -0.3 is 4.42 Å². The number of nitrogens with zero attached hydrogens (tertiary/aromatic N) is 3. The lowest BCUT2D eigenvalue weighted by Gasteiger charge is -2.09. The van der Waals surface area contributed by atoms with Crippen LogP contribution in [0.5, 0.6) is 0 Å². The normalized spacial score (nSPS) is 13.6. The number of rotatable bonds is 4. The van der Waals surface area contributed by atoms with E-state index < -0.39 is 0 Å². The highest BCUT2D eigenvalue weighted by atomic mass is 32.1. The summed E-state index contributed by atoms with van der Waals surface area (Å²) in [6, 6.07) is 35.9. The van der Waals surface area contributed by atoms with Crippen molar-refractivity contribution in [1.82, 2.24) is 15.0 Å². The van der Waals surface area contributed by atoms with Gasteiger partial charge in [-0.25, -0.2) is 15.0 Å². The fourth-order valence-electron chi connectivity index (χ4n) is 6.90. The van der Waals surface area contributed by atoms with Crippen LogP contribution in [-0.4, -0.2) is 15.0 Å². The molecule has 0 saturated carbocycles. The topological polar surface area (TPSA) is 51.8 Å². The van der Waals surface area contributed by atoms with Gasteiger partial charge in [-0.05, 0) is 48.0 Å². The molecule has 0 radical (unpaired) electrons. The van der Waals surface area contributed by atoms with E-state index in [4.69, 9.17) is 22.1 Å². The highest BCUT2D eigenvalue weighted by molar-refractivity contribution is 7.27. The molecule has 4 heterocycles. The van der Waals surface area contributed by atoms with Crippen LogP contribution >= 0.6 is 22.7 Å². The zero-order valence-electron chi connectivity index (χ0n) is 32.5. The summed E-state index contributed by atoms with van der Waals surface area (Å²) in [6.45, 7) is 0. The van der Waals surface area contributed by atoms with Gasteiger partial charge in [0.25, 0.3) is 0 Å². The average Bonchev–Trinajstić information content (AvgIpc) is 3.94. The molecule has 0 bridgehead atoms. The number of aromatic nitrogens is 3. The molecule has 0 fully saturated rings. The highest BCUT2D eigenvalue weighted by Gasteiger charge is 2.18. The third-order valence-corrected chi connectivity index (χ3v) is 11.5. The van der Waals surface area contributed by atoms with Crippen LogP contribution in [0.25, 0.3) is 108 Å². The van der Waals surface area contributed by atoms with Gasteiger partial charge in [-0.2, -0.15) is 0 Å². The summed E-state index contributed by atoms with van der Waals surface area (Å²) in [5, 5.41) is 4.36. The number of thiophene rings is 2. The number of hydrogen-bond donors (Lipinski definition) is 0. The Bertz CT molecular complexity index is 3510. The minimum Gasteiger partial charge on any atom is -0.456 e. The van der Waals surface area contributed by atoms with Crippen molar-refractivity contribution in [2.75, 3.05) is 0 Å². The molecule has 4 nitrogen and oxygen atoms in total. The predicted molar refractivity (Wildman–Crippen MR) is 215 cm³/mol. The van der Waals surface area contributed by atoms with Crippen molar-refractivity contribution in [1.29, 1.82) is 0 Å². The molecule has 0 spiro atoms. The Labute approximate surface area is 308 Å². The van der Waals surface area contributed by atoms with E-state index in [0.717, 1.165) is 47.7 Å². The third-order valence-electron chi connectivity index (χ3n) is 9.26. The fourth-order valence-corrected chi connectivity index (χ4v) is 9.16. The molecule has 0 amide bonds. The second kappa shape index (κ2) is 11.2. The van der Waals surface area contributed by atoms with Crippen molar-refractivity contribution >= 4 is 85.0 Å². The lowest BCUT2D eigenvalue weighted by molar-refractivity contribution is 0.669. The smallest absolute Gasteiger partial charge is 0.164 e. The van der Waals surface area contributed by atoms with Crippen LogP contribution in [0.1, 0.15) is 8.22 Å². The second-order valence-electron chi connectivity index (χ2n) is 12.3. The SMILES string of the molecule is [2H]c1c([2H])c([2H])c2c(sc3c([2H])c(-c4nc(-c5ccccc5)nc(-c5ccc6oc7ccccc7c6c5)n4)c([2H])c([2H])c32)c1-c1cccc2sc3ccccc3c12. The molecule has 0 N–H and O–H groups in total. The summed E-state index contributed by atoms with van der Waals surface area (Å²) < 4.78 is 64.9. The van der Waals surface area contributed by atoms with Crippen LogP contribution in [-0.2, 0) is 0 Å². The Morgan fingerprint density at radius 1 is 0.471 bits per heavy atom. The van der Waals surface area contributed by atoms with E-state index in [1.165, 1.54) is 11.3 Å². The molecule has 0 aliphatic rings. The van der Waals surface area contributed by atoms with Crippen molar-refractivity contribution in [3.8, 4) is 45.3 Å². The Hall–Kier alpha value is -6.21. The van der Waals surface area contributed by atoms with Gasteiger partial charge in [0, 0.05) is 73.4 Å². The first-order valence-corrected chi connectivity index (χ1v) is 18.0. The Morgan fingerprint density at radius 2 is 1.22 bits per heavy atom. The van der Waals surface area contributed by atoms with Crippen LogP contribution in [0, 0.1) is 0 Å². The molecule has 0 aliphatic carbocycles. The van der Waals surface area contributed by atoms with E-state index in [-0.39, 0.29) is 53.0 Å². The van der Waals surface area contributed by atoms with Gasteiger partial charge in [-0.3, -0.25) is 0 Å². The monoisotopic (exact) mass is 693 g/mol. The van der Waals surface area contributed by atoms with Gasteiger partial charge in [0.05, 0.1) is 8.22 Å². The Balaban J connectivity index is 1.19. The molecule has 7 aromatic carbocycles. The molecule has 0 unspecified atom stereocenters. The van der Waals surface area contributed by atoms with Crippen LogP contribution in [0.4, 0.5) is 0 Å². The van der Waals surface area contributed by atoms with Gasteiger partial charge in [-0.1, -0.05) is 109 Å². The van der Waals surface area contributed by atoms with Crippen LogP contribution in [0.2, 0.25) is 0 Å². The minimum absolute atomic E-state index is 0.0610. The lowest BCUT2D eigenvalue weighted by atomic mass is 9.98. The first kappa shape index (κ1) is 23.2. The number of furan rings is 1. The summed E-state index contributed by atoms with van der Waals surface area (Å²) in [5.41, 5.74) is 4.17. The van der Waals surface area contributed by atoms with Gasteiger partial charge in [0.15, 0.2) is 17.5 Å². The van der Waals surface area contributed by atoms with Gasteiger partial charge in [0.2, 0.25) is 0 Å². The van der Waals surface area contributed by atoms with E-state index in [1.54, 1.807) is 11.3 Å². The predicted octanol–water partition coefficient (Wildman–Crippen LogP) is 13.2. The van der Waals surface area contributed by atoms with Crippen LogP contribution in [0.15, 0.2) is 156 Å². The summed E-state index contributed by atoms with van der Waals surface area (Å²) >= 11 is 2.86. The molecule has 6 heteroatoms. The second-order valence-corrected chi connectivity index (χ2v) is 14.4. The van der Waals surface area contributed by atoms with E-state index in [9.17, 15) is 5.48 Å². The number of benzene rings is 7. The van der Waals surface area contributed by atoms with Gasteiger partial charge in [0.1, 0.15) is 11.2 Å². The first-order chi connectivity index (χ1) is 27.8. The molecule has 11 rings (SSSR count). The van der Waals surface area contributed by atoms with Crippen molar-refractivity contribution in [2.45, 2.75) is 0 Å². The molecule has 0 saturated heterocycles. The Kier molecular flexibility index (Phi) is 5.08. The number of fused-ring (bicyclic) bond motifs is 9. The minimum atomic E-state index is -0.271. The quantitative estimate of drug-likeness (QED) is 0.184. The molecular weight excluding hydrogens is 663 g/mol. The third kappa shape index (κ3) is 4.54. The van der Waals surface area contributed by atoms with Gasteiger partial charge in [-0.15, -0.1) is 22.7 Å². The molecule has 238 valence electrons. The van der Waals surface area contributed by atoms with Gasteiger partial charge >= 0.3 is 0 Å². The molecule has 11 aromatic rings. The lowest BCUT2D eigenvalue weighted by Crippen LogP contribution is -2.00. The van der Waals surface area contributed by atoms with E-state index in [2.05, 4.69) is 12.1 Å². The standard InChI is InChI=1S/C45H25N3OS2/c1-2-10-26(11-3-1)43-46-44(27-21-23-37-35(24-27)29-12-4-6-17-36(29)49-37)48-45(47-43)28-20-22-30-32-15-8-16-33(42(32)51-40(30)25-28)31-14-9-19-39-41(31)34-13-5-7-18-38(34)50-39/h1-25H/i8D,15D,16D,20D,22D,25D. The average molecular weight is 694 g/mol. The van der Waals surface area contributed by atoms with Crippen LogP contribution < -0.4 is 0 Å². The van der Waals surface area contributed by atoms with Crippen molar-refractivity contribution < 1.29 is 12.6 Å². The Morgan fingerprint density at radius 3 is 2.12 bits per heavy atom. The zero-order valence-corrected chi connectivity index (χ0v) is 28.2. The fraction of sp³-hybridized carbons (Fsp3) is 0. The van der Waals surface area contributed by atoms with Crippen molar-refractivity contribution in [3.63, 3.8) is 0 Å². The maximum Gasteiger partial charge on any atom is 0.164 e. The van der Waals surface area contributed by atoms with Crippen LogP contribution in [0.3, 0.4) is 0 Å². The molecular formula is C45H25N3OS2. The van der Waals surface area contributed by atoms with Crippen molar-refractivity contribution in [3.05, 3.63) is 152 Å². The maximum atomic E-state index is 9.68. The maximum absolute atomic E-state index is 9.68. The van der Waals surface area contributed by atoms with Crippen molar-refractivity contribution in [2.24, 2.45) is 0 Å². The van der Waals surface area contributed by atoms with E-state index >= 15 is 0 Å².